The average molecular weight is 231 g/mol. The van der Waals surface area contributed by atoms with Gasteiger partial charge in [-0.25, -0.2) is 18.7 Å². The molecule has 0 saturated heterocycles. The molecule has 0 fully saturated rings. The molecule has 0 bridgehead atoms. The zero-order chi connectivity index (χ0) is 12.4. The standard InChI is InChI=1S/C12H7F2N3/c1-7-5-8(6-15)17-12(16-7)11-9(13)3-2-4-10(11)14/h2-5H,1H3. The quantitative estimate of drug-likeness (QED) is 0.757. The van der Waals surface area contributed by atoms with E-state index in [4.69, 9.17) is 5.26 Å². The number of halogens is 2. The Bertz CT molecular complexity index is 597. The van der Waals surface area contributed by atoms with Crippen LogP contribution in [0.5, 0.6) is 0 Å². The highest BCUT2D eigenvalue weighted by Gasteiger charge is 2.14. The summed E-state index contributed by atoms with van der Waals surface area (Å²) in [5.41, 5.74) is 0.247. The van der Waals surface area contributed by atoms with Crippen LogP contribution in [0.25, 0.3) is 11.4 Å². The van der Waals surface area contributed by atoms with Gasteiger partial charge < -0.3 is 0 Å². The second-order valence-corrected chi connectivity index (χ2v) is 3.43. The fraction of sp³-hybridized carbons (Fsp3) is 0.0833. The van der Waals surface area contributed by atoms with Gasteiger partial charge in [-0.1, -0.05) is 6.07 Å². The fourth-order valence-electron chi connectivity index (χ4n) is 1.45. The van der Waals surface area contributed by atoms with Crippen LogP contribution in [0.3, 0.4) is 0 Å². The first kappa shape index (κ1) is 11.1. The SMILES string of the molecule is Cc1cc(C#N)nc(-c2c(F)cccc2F)n1. The van der Waals surface area contributed by atoms with Crippen LogP contribution in [0.4, 0.5) is 8.78 Å². The molecule has 0 N–H and O–H groups in total. The van der Waals surface area contributed by atoms with Crippen LogP contribution in [-0.4, -0.2) is 9.97 Å². The Morgan fingerprint density at radius 1 is 1.18 bits per heavy atom. The van der Waals surface area contributed by atoms with Gasteiger partial charge in [0, 0.05) is 5.69 Å². The van der Waals surface area contributed by atoms with Gasteiger partial charge in [0.1, 0.15) is 23.4 Å². The third kappa shape index (κ3) is 2.11. The summed E-state index contributed by atoms with van der Waals surface area (Å²) in [5.74, 6) is -1.61. The van der Waals surface area contributed by atoms with Crippen LogP contribution < -0.4 is 0 Å². The summed E-state index contributed by atoms with van der Waals surface area (Å²) < 4.78 is 27.0. The largest absolute Gasteiger partial charge is 0.233 e. The molecule has 2 rings (SSSR count). The predicted octanol–water partition coefficient (Wildman–Crippen LogP) is 2.60. The number of nitrogens with zero attached hydrogens (tertiary/aromatic N) is 3. The summed E-state index contributed by atoms with van der Waals surface area (Å²) in [5, 5.41) is 8.74. The summed E-state index contributed by atoms with van der Waals surface area (Å²) in [4.78, 5) is 7.72. The molecule has 0 unspecified atom stereocenters. The predicted molar refractivity (Wildman–Crippen MR) is 56.8 cm³/mol. The Kier molecular flexibility index (Phi) is 2.79. The van der Waals surface area contributed by atoms with Crippen molar-refractivity contribution in [2.24, 2.45) is 0 Å². The zero-order valence-electron chi connectivity index (χ0n) is 8.91. The first-order valence-electron chi connectivity index (χ1n) is 4.82. The van der Waals surface area contributed by atoms with Crippen molar-refractivity contribution in [2.75, 3.05) is 0 Å². The molecule has 0 amide bonds. The van der Waals surface area contributed by atoms with Crippen molar-refractivity contribution >= 4 is 0 Å². The van der Waals surface area contributed by atoms with E-state index in [0.29, 0.717) is 5.69 Å². The molecular formula is C12H7F2N3. The molecule has 1 aromatic heterocycles. The van der Waals surface area contributed by atoms with Crippen molar-refractivity contribution in [1.29, 1.82) is 5.26 Å². The van der Waals surface area contributed by atoms with Crippen LogP contribution in [0.15, 0.2) is 24.3 Å². The molecule has 0 aliphatic carbocycles. The molecule has 2 aromatic rings. The first-order valence-corrected chi connectivity index (χ1v) is 4.82. The molecule has 0 atom stereocenters. The maximum atomic E-state index is 13.5. The van der Waals surface area contributed by atoms with Gasteiger partial charge >= 0.3 is 0 Å². The second kappa shape index (κ2) is 4.26. The molecule has 1 aromatic carbocycles. The second-order valence-electron chi connectivity index (χ2n) is 3.43. The van der Waals surface area contributed by atoms with Crippen LogP contribution in [-0.2, 0) is 0 Å². The normalized spacial score (nSPS) is 10.0. The van der Waals surface area contributed by atoms with E-state index in [9.17, 15) is 8.78 Å². The van der Waals surface area contributed by atoms with Gasteiger partial charge in [0.05, 0.1) is 5.56 Å². The third-order valence-electron chi connectivity index (χ3n) is 2.16. The first-order chi connectivity index (χ1) is 8.11. The van der Waals surface area contributed by atoms with Crippen LogP contribution >= 0.6 is 0 Å². The maximum Gasteiger partial charge on any atom is 0.166 e. The minimum Gasteiger partial charge on any atom is -0.233 e. The molecule has 0 spiro atoms. The van der Waals surface area contributed by atoms with Gasteiger partial charge in [0.25, 0.3) is 0 Å². The van der Waals surface area contributed by atoms with E-state index in [-0.39, 0.29) is 17.1 Å². The lowest BCUT2D eigenvalue weighted by Crippen LogP contribution is -1.99. The molecule has 0 aliphatic heterocycles. The van der Waals surface area contributed by atoms with Crippen molar-refractivity contribution in [3.05, 3.63) is 47.3 Å². The van der Waals surface area contributed by atoms with Gasteiger partial charge in [0.15, 0.2) is 5.82 Å². The Labute approximate surface area is 96.4 Å². The van der Waals surface area contributed by atoms with Crippen molar-refractivity contribution in [2.45, 2.75) is 6.92 Å². The van der Waals surface area contributed by atoms with E-state index in [2.05, 4.69) is 9.97 Å². The lowest BCUT2D eigenvalue weighted by molar-refractivity contribution is 0.587. The van der Waals surface area contributed by atoms with E-state index in [1.54, 1.807) is 6.92 Å². The highest BCUT2D eigenvalue weighted by molar-refractivity contribution is 5.57. The van der Waals surface area contributed by atoms with Gasteiger partial charge in [-0.3, -0.25) is 0 Å². The Morgan fingerprint density at radius 2 is 1.82 bits per heavy atom. The van der Waals surface area contributed by atoms with Crippen molar-refractivity contribution in [3.8, 4) is 17.5 Å². The van der Waals surface area contributed by atoms with Gasteiger partial charge in [-0.2, -0.15) is 5.26 Å². The number of aromatic nitrogens is 2. The third-order valence-corrected chi connectivity index (χ3v) is 2.16. The fourth-order valence-corrected chi connectivity index (χ4v) is 1.45. The Balaban J connectivity index is 2.69. The molecular weight excluding hydrogens is 224 g/mol. The molecule has 17 heavy (non-hydrogen) atoms. The van der Waals surface area contributed by atoms with Gasteiger partial charge in [0.2, 0.25) is 0 Å². The summed E-state index contributed by atoms with van der Waals surface area (Å²) in [7, 11) is 0. The lowest BCUT2D eigenvalue weighted by atomic mass is 10.1. The van der Waals surface area contributed by atoms with E-state index in [0.717, 1.165) is 12.1 Å². The minimum atomic E-state index is -0.750. The van der Waals surface area contributed by atoms with Crippen LogP contribution in [0.2, 0.25) is 0 Å². The smallest absolute Gasteiger partial charge is 0.166 e. The highest BCUT2D eigenvalue weighted by Crippen LogP contribution is 2.22. The van der Waals surface area contributed by atoms with Crippen molar-refractivity contribution < 1.29 is 8.78 Å². The van der Waals surface area contributed by atoms with Crippen molar-refractivity contribution in [1.82, 2.24) is 9.97 Å². The molecule has 1 heterocycles. The lowest BCUT2D eigenvalue weighted by Gasteiger charge is -2.04. The number of rotatable bonds is 1. The summed E-state index contributed by atoms with van der Waals surface area (Å²) in [6.45, 7) is 1.63. The van der Waals surface area contributed by atoms with E-state index in [1.807, 2.05) is 6.07 Å². The number of hydrogen-bond donors (Lipinski definition) is 0. The monoisotopic (exact) mass is 231 g/mol. The molecule has 84 valence electrons. The zero-order valence-corrected chi connectivity index (χ0v) is 8.91. The molecule has 5 heteroatoms. The Morgan fingerprint density at radius 3 is 2.41 bits per heavy atom. The van der Waals surface area contributed by atoms with Gasteiger partial charge in [-0.15, -0.1) is 0 Å². The van der Waals surface area contributed by atoms with Crippen molar-refractivity contribution in [3.63, 3.8) is 0 Å². The maximum absolute atomic E-state index is 13.5. The average Bonchev–Trinajstić information content (AvgIpc) is 2.28. The minimum absolute atomic E-state index is 0.0788. The molecule has 0 aliphatic rings. The summed E-state index contributed by atoms with van der Waals surface area (Å²) in [6.07, 6.45) is 0. The van der Waals surface area contributed by atoms with Crippen LogP contribution in [0, 0.1) is 29.9 Å². The number of aryl methyl sites for hydroxylation is 1. The topological polar surface area (TPSA) is 49.6 Å². The number of hydrogen-bond acceptors (Lipinski definition) is 3. The number of nitriles is 1. The van der Waals surface area contributed by atoms with E-state index < -0.39 is 11.6 Å². The summed E-state index contributed by atoms with van der Waals surface area (Å²) >= 11 is 0. The van der Waals surface area contributed by atoms with Crippen LogP contribution in [0.1, 0.15) is 11.4 Å². The Hall–Kier alpha value is -2.35. The number of benzene rings is 1. The van der Waals surface area contributed by atoms with Gasteiger partial charge in [-0.05, 0) is 25.1 Å². The highest BCUT2D eigenvalue weighted by atomic mass is 19.1. The molecule has 3 nitrogen and oxygen atoms in total. The molecule has 0 saturated carbocycles. The van der Waals surface area contributed by atoms with E-state index in [1.165, 1.54) is 12.1 Å². The van der Waals surface area contributed by atoms with E-state index >= 15 is 0 Å². The molecule has 0 radical (unpaired) electrons. The summed E-state index contributed by atoms with van der Waals surface area (Å²) in [6, 6.07) is 6.77.